The van der Waals surface area contributed by atoms with Gasteiger partial charge in [-0.25, -0.2) is 0 Å². The second-order valence-corrected chi connectivity index (χ2v) is 9.31. The van der Waals surface area contributed by atoms with Gasteiger partial charge in [0, 0.05) is 55.6 Å². The summed E-state index contributed by atoms with van der Waals surface area (Å²) in [6.07, 6.45) is 4.24. The second-order valence-electron chi connectivity index (χ2n) is 9.31. The number of carbonyl (C=O) groups excluding carboxylic acids is 1. The zero-order valence-corrected chi connectivity index (χ0v) is 20.9. The average molecular weight is 471 g/mol. The largest absolute Gasteiger partial charge is 0.494 e. The van der Waals surface area contributed by atoms with E-state index in [1.165, 1.54) is 5.70 Å². The fraction of sp³-hybridized carbons (Fsp3) is 0.379. The Balaban J connectivity index is 0.000000145. The van der Waals surface area contributed by atoms with Crippen LogP contribution in [0, 0.1) is 0 Å². The smallest absolute Gasteiger partial charge is 0.260 e. The van der Waals surface area contributed by atoms with E-state index in [-0.39, 0.29) is 5.91 Å². The molecule has 0 atom stereocenters. The first kappa shape index (κ1) is 23.2. The molecule has 1 amide bonds. The quantitative estimate of drug-likeness (QED) is 0.519. The van der Waals surface area contributed by atoms with Gasteiger partial charge in [-0.2, -0.15) is 0 Å². The average Bonchev–Trinajstić information content (AvgIpc) is 3.64. The Hall–Kier alpha value is -3.54. The third-order valence-electron chi connectivity index (χ3n) is 7.32. The molecule has 1 saturated heterocycles. The molecule has 6 rings (SSSR count). The highest BCUT2D eigenvalue weighted by Crippen LogP contribution is 2.41. The van der Waals surface area contributed by atoms with Gasteiger partial charge in [-0.15, -0.1) is 0 Å². The summed E-state index contributed by atoms with van der Waals surface area (Å²) >= 11 is 0. The Labute approximate surface area is 207 Å². The lowest BCUT2D eigenvalue weighted by Crippen LogP contribution is -2.26. The third kappa shape index (κ3) is 3.91. The summed E-state index contributed by atoms with van der Waals surface area (Å²) < 4.78 is 1.95. The maximum atomic E-state index is 12.6. The minimum Gasteiger partial charge on any atom is -0.494 e. The molecule has 0 unspecified atom stereocenters. The number of benzene rings is 2. The monoisotopic (exact) mass is 470 g/mol. The molecule has 1 N–H and O–H groups in total. The SMILES string of the molecule is CCN1C(=O)C(=C2CCCN2C)c2ccccc21.CCn1c(O)c(C2=NCCC2)c2ccccc21. The molecule has 3 aliphatic heterocycles. The van der Waals surface area contributed by atoms with Gasteiger partial charge in [-0.3, -0.25) is 9.79 Å². The number of aryl methyl sites for hydroxylation is 1. The number of likely N-dealkylation sites (N-methyl/N-ethyl adjacent to an activating group) is 1. The number of aromatic nitrogens is 1. The van der Waals surface area contributed by atoms with Gasteiger partial charge in [0.05, 0.1) is 22.3 Å². The van der Waals surface area contributed by atoms with Crippen LogP contribution in [0.5, 0.6) is 5.88 Å². The lowest BCUT2D eigenvalue weighted by atomic mass is 10.0. The Bertz CT molecular complexity index is 1330. The number of amides is 1. The van der Waals surface area contributed by atoms with Gasteiger partial charge in [0.25, 0.3) is 5.91 Å². The van der Waals surface area contributed by atoms with Crippen molar-refractivity contribution in [3.8, 4) is 5.88 Å². The zero-order valence-electron chi connectivity index (χ0n) is 20.9. The number of aliphatic imine (C=N–C) groups is 1. The molecule has 0 aliphatic carbocycles. The summed E-state index contributed by atoms with van der Waals surface area (Å²) in [7, 11) is 2.08. The summed E-state index contributed by atoms with van der Waals surface area (Å²) in [5.41, 5.74) is 7.40. The van der Waals surface area contributed by atoms with Gasteiger partial charge in [-0.1, -0.05) is 36.4 Å². The topological polar surface area (TPSA) is 61.1 Å². The molecular formula is C29H34N4O2. The zero-order chi connectivity index (χ0) is 24.5. The number of fused-ring (bicyclic) bond motifs is 2. The van der Waals surface area contributed by atoms with Crippen LogP contribution in [-0.4, -0.2) is 52.9 Å². The van der Waals surface area contributed by atoms with Crippen LogP contribution in [0.15, 0.2) is 59.2 Å². The first-order valence-corrected chi connectivity index (χ1v) is 12.8. The Morgan fingerprint density at radius 3 is 2.43 bits per heavy atom. The van der Waals surface area contributed by atoms with E-state index >= 15 is 0 Å². The molecule has 182 valence electrons. The molecule has 4 heterocycles. The predicted molar refractivity (Wildman–Crippen MR) is 143 cm³/mol. The fourth-order valence-electron chi connectivity index (χ4n) is 5.64. The molecule has 35 heavy (non-hydrogen) atoms. The number of rotatable bonds is 3. The maximum absolute atomic E-state index is 12.6. The number of anilines is 1. The van der Waals surface area contributed by atoms with Crippen LogP contribution in [0.25, 0.3) is 16.5 Å². The van der Waals surface area contributed by atoms with Crippen molar-refractivity contribution < 1.29 is 9.90 Å². The standard InChI is InChI=1S/C15H18N2O.C14H16N2O/c1-3-17-12-8-5-4-7-11(12)14(15(17)18)13-9-6-10-16(13)2;1-2-16-12-8-4-3-6-10(12)13(14(16)17)11-7-5-9-15-11/h4-5,7-8H,3,6,9-10H2,1-2H3;3-4,6,8,17H,2,5,7,9H2,1H3. The van der Waals surface area contributed by atoms with Crippen LogP contribution in [-0.2, 0) is 11.3 Å². The molecule has 0 radical (unpaired) electrons. The number of nitrogens with zero attached hydrogens (tertiary/aromatic N) is 4. The number of likely N-dealkylation sites (tertiary alicyclic amines) is 1. The van der Waals surface area contributed by atoms with Crippen LogP contribution in [0.2, 0.25) is 0 Å². The molecule has 1 aromatic heterocycles. The van der Waals surface area contributed by atoms with Crippen molar-refractivity contribution in [1.82, 2.24) is 9.47 Å². The molecule has 6 nitrogen and oxygen atoms in total. The molecule has 2 aromatic carbocycles. The number of carbonyl (C=O) groups is 1. The van der Waals surface area contributed by atoms with Gasteiger partial charge < -0.3 is 19.5 Å². The van der Waals surface area contributed by atoms with Crippen molar-refractivity contribution in [2.45, 2.75) is 46.1 Å². The highest BCUT2D eigenvalue weighted by molar-refractivity contribution is 6.33. The number of hydrogen-bond donors (Lipinski definition) is 1. The van der Waals surface area contributed by atoms with Crippen molar-refractivity contribution in [3.63, 3.8) is 0 Å². The van der Waals surface area contributed by atoms with Crippen molar-refractivity contribution in [2.75, 3.05) is 31.6 Å². The summed E-state index contributed by atoms with van der Waals surface area (Å²) in [5, 5.41) is 11.5. The molecule has 6 heteroatoms. The molecule has 3 aromatic rings. The van der Waals surface area contributed by atoms with Crippen LogP contribution >= 0.6 is 0 Å². The normalized spacial score (nSPS) is 19.3. The van der Waals surface area contributed by atoms with Crippen LogP contribution < -0.4 is 4.90 Å². The van der Waals surface area contributed by atoms with E-state index in [2.05, 4.69) is 35.1 Å². The van der Waals surface area contributed by atoms with E-state index in [4.69, 9.17) is 0 Å². The number of para-hydroxylation sites is 2. The van der Waals surface area contributed by atoms with Crippen LogP contribution in [0.1, 0.15) is 50.7 Å². The molecule has 0 bridgehead atoms. The Morgan fingerprint density at radius 1 is 0.971 bits per heavy atom. The summed E-state index contributed by atoms with van der Waals surface area (Å²) in [6.45, 7) is 7.53. The first-order chi connectivity index (χ1) is 17.1. The second kappa shape index (κ2) is 9.61. The number of aromatic hydroxyl groups is 1. The van der Waals surface area contributed by atoms with Gasteiger partial charge in [0.2, 0.25) is 5.88 Å². The van der Waals surface area contributed by atoms with E-state index in [0.29, 0.717) is 5.88 Å². The lowest BCUT2D eigenvalue weighted by molar-refractivity contribution is -0.113. The summed E-state index contributed by atoms with van der Waals surface area (Å²) in [5.74, 6) is 0.539. The van der Waals surface area contributed by atoms with Crippen LogP contribution in [0.3, 0.4) is 0 Å². The van der Waals surface area contributed by atoms with Gasteiger partial charge in [0.1, 0.15) is 0 Å². The predicted octanol–water partition coefficient (Wildman–Crippen LogP) is 5.44. The highest BCUT2D eigenvalue weighted by Gasteiger charge is 2.35. The van der Waals surface area contributed by atoms with Crippen molar-refractivity contribution in [2.24, 2.45) is 4.99 Å². The molecule has 1 fully saturated rings. The summed E-state index contributed by atoms with van der Waals surface area (Å²) in [4.78, 5) is 21.2. The van der Waals surface area contributed by atoms with Crippen molar-refractivity contribution >= 4 is 33.8 Å². The van der Waals surface area contributed by atoms with Crippen molar-refractivity contribution in [1.29, 1.82) is 0 Å². The van der Waals surface area contributed by atoms with E-state index in [0.717, 1.165) is 90.9 Å². The van der Waals surface area contributed by atoms with E-state index in [1.807, 2.05) is 53.6 Å². The molecule has 0 saturated carbocycles. The molecule has 3 aliphatic rings. The number of hydrogen-bond acceptors (Lipinski definition) is 4. The van der Waals surface area contributed by atoms with E-state index < -0.39 is 0 Å². The third-order valence-corrected chi connectivity index (χ3v) is 7.32. The summed E-state index contributed by atoms with van der Waals surface area (Å²) in [6, 6.07) is 16.3. The first-order valence-electron chi connectivity index (χ1n) is 12.8. The fourth-order valence-corrected chi connectivity index (χ4v) is 5.64. The van der Waals surface area contributed by atoms with Gasteiger partial charge >= 0.3 is 0 Å². The van der Waals surface area contributed by atoms with E-state index in [1.54, 1.807) is 0 Å². The van der Waals surface area contributed by atoms with Crippen LogP contribution in [0.4, 0.5) is 5.69 Å². The molecular weight excluding hydrogens is 436 g/mol. The Morgan fingerprint density at radius 2 is 1.74 bits per heavy atom. The molecule has 0 spiro atoms. The Kier molecular flexibility index (Phi) is 6.37. The highest BCUT2D eigenvalue weighted by atomic mass is 16.3. The van der Waals surface area contributed by atoms with Crippen molar-refractivity contribution in [3.05, 3.63) is 65.4 Å². The number of allylic oxidation sites excluding steroid dienone is 1. The minimum atomic E-state index is 0.169. The minimum absolute atomic E-state index is 0.169. The van der Waals surface area contributed by atoms with Gasteiger partial charge in [0.15, 0.2) is 0 Å². The van der Waals surface area contributed by atoms with Gasteiger partial charge in [-0.05, 0) is 51.7 Å². The van der Waals surface area contributed by atoms with E-state index in [9.17, 15) is 9.90 Å². The lowest BCUT2D eigenvalue weighted by Gasteiger charge is -2.16. The maximum Gasteiger partial charge on any atom is 0.260 e.